The second-order valence-electron chi connectivity index (χ2n) is 9.97. The Morgan fingerprint density at radius 1 is 1.22 bits per heavy atom. The van der Waals surface area contributed by atoms with Crippen molar-refractivity contribution in [2.24, 2.45) is 5.41 Å². The van der Waals surface area contributed by atoms with Crippen LogP contribution in [0.4, 0.5) is 17.6 Å². The number of benzene rings is 1. The summed E-state index contributed by atoms with van der Waals surface area (Å²) in [4.78, 5) is 31.2. The summed E-state index contributed by atoms with van der Waals surface area (Å²) in [6.07, 6.45) is -5.73. The van der Waals surface area contributed by atoms with Crippen molar-refractivity contribution in [3.05, 3.63) is 32.9 Å². The standard InChI is InChI=1S/C24H25Cl2F4N5O4S2/c1-12(24(28,29)30)34-41(38,39)15-5-4-14(16(25)17(15)26)19-18(22(37)35-8-6-13(27)7-9-35)33-21(40-19)20(36)32-11-23(2,3)10-31/h4-5,12-13,34H,6-9,11H2,1-3H3,(H,32,36)/t12-/m0/s1. The number of sulfonamides is 1. The van der Waals surface area contributed by atoms with E-state index in [0.717, 1.165) is 23.5 Å². The van der Waals surface area contributed by atoms with Crippen molar-refractivity contribution < 1.29 is 35.6 Å². The van der Waals surface area contributed by atoms with Crippen molar-refractivity contribution in [3.8, 4) is 16.5 Å². The van der Waals surface area contributed by atoms with Crippen molar-refractivity contribution in [1.29, 1.82) is 5.26 Å². The maximum atomic E-state index is 13.7. The maximum absolute atomic E-state index is 13.7. The van der Waals surface area contributed by atoms with Crippen molar-refractivity contribution in [3.63, 3.8) is 0 Å². The largest absolute Gasteiger partial charge is 0.404 e. The highest BCUT2D eigenvalue weighted by Gasteiger charge is 2.40. The molecule has 1 aliphatic heterocycles. The van der Waals surface area contributed by atoms with Gasteiger partial charge in [0.15, 0.2) is 5.01 Å². The van der Waals surface area contributed by atoms with E-state index in [0.29, 0.717) is 6.92 Å². The molecule has 9 nitrogen and oxygen atoms in total. The number of hydrogen-bond acceptors (Lipinski definition) is 7. The molecule has 41 heavy (non-hydrogen) atoms. The fraction of sp³-hybridized carbons (Fsp3) is 0.500. The van der Waals surface area contributed by atoms with E-state index in [2.05, 4.69) is 10.3 Å². The van der Waals surface area contributed by atoms with Gasteiger partial charge >= 0.3 is 6.18 Å². The smallest absolute Gasteiger partial charge is 0.348 e. The number of rotatable bonds is 8. The molecule has 2 heterocycles. The van der Waals surface area contributed by atoms with Crippen molar-refractivity contribution in [1.82, 2.24) is 19.9 Å². The molecule has 1 aliphatic rings. The number of nitrogens with one attached hydrogen (secondary N) is 2. The van der Waals surface area contributed by atoms with Crippen LogP contribution in [0.25, 0.3) is 10.4 Å². The Labute approximate surface area is 247 Å². The summed E-state index contributed by atoms with van der Waals surface area (Å²) in [7, 11) is -4.78. The summed E-state index contributed by atoms with van der Waals surface area (Å²) in [5.41, 5.74) is -1.13. The van der Waals surface area contributed by atoms with Crippen LogP contribution in [0.3, 0.4) is 0 Å². The van der Waals surface area contributed by atoms with Gasteiger partial charge in [-0.05, 0) is 39.7 Å². The zero-order valence-electron chi connectivity index (χ0n) is 21.9. The number of likely N-dealkylation sites (tertiary alicyclic amines) is 1. The summed E-state index contributed by atoms with van der Waals surface area (Å²) in [5, 5.41) is 10.6. The molecule has 224 valence electrons. The number of carbonyl (C=O) groups excluding carboxylic acids is 2. The van der Waals surface area contributed by atoms with Crippen LogP contribution in [-0.2, 0) is 10.0 Å². The molecule has 0 aliphatic carbocycles. The maximum Gasteiger partial charge on any atom is 0.404 e. The Kier molecular flexibility index (Phi) is 9.97. The number of hydrogen-bond donors (Lipinski definition) is 2. The third-order valence-electron chi connectivity index (χ3n) is 6.13. The van der Waals surface area contributed by atoms with Crippen LogP contribution in [0.1, 0.15) is 53.9 Å². The lowest BCUT2D eigenvalue weighted by atomic mass is 9.96. The van der Waals surface area contributed by atoms with Gasteiger partial charge in [-0.2, -0.15) is 23.2 Å². The summed E-state index contributed by atoms with van der Waals surface area (Å²) >= 11 is 13.4. The Morgan fingerprint density at radius 3 is 2.39 bits per heavy atom. The van der Waals surface area contributed by atoms with Gasteiger partial charge in [0.25, 0.3) is 11.8 Å². The molecule has 2 amide bonds. The van der Waals surface area contributed by atoms with E-state index in [1.807, 2.05) is 6.07 Å². The molecule has 2 aromatic rings. The van der Waals surface area contributed by atoms with Crippen molar-refractivity contribution >= 4 is 56.4 Å². The van der Waals surface area contributed by atoms with E-state index in [1.165, 1.54) is 9.62 Å². The van der Waals surface area contributed by atoms with Crippen molar-refractivity contribution in [2.45, 2.75) is 56.9 Å². The molecule has 1 fully saturated rings. The Hall–Kier alpha value is -2.51. The topological polar surface area (TPSA) is 132 Å². The molecule has 1 saturated heterocycles. The first-order valence-electron chi connectivity index (χ1n) is 12.1. The number of alkyl halides is 4. The molecule has 2 N–H and O–H groups in total. The predicted octanol–water partition coefficient (Wildman–Crippen LogP) is 5.20. The number of amides is 2. The van der Waals surface area contributed by atoms with Gasteiger partial charge in [-0.15, -0.1) is 11.3 Å². The summed E-state index contributed by atoms with van der Waals surface area (Å²) in [6, 6.07) is 1.67. The van der Waals surface area contributed by atoms with Gasteiger partial charge in [0.2, 0.25) is 10.0 Å². The van der Waals surface area contributed by atoms with Crippen LogP contribution < -0.4 is 10.0 Å². The van der Waals surface area contributed by atoms with Crippen LogP contribution in [0, 0.1) is 16.7 Å². The lowest BCUT2D eigenvalue weighted by molar-refractivity contribution is -0.147. The highest BCUT2D eigenvalue weighted by Crippen LogP contribution is 2.42. The van der Waals surface area contributed by atoms with Crippen molar-refractivity contribution in [2.75, 3.05) is 19.6 Å². The van der Waals surface area contributed by atoms with E-state index in [1.54, 1.807) is 13.8 Å². The van der Waals surface area contributed by atoms with E-state index in [9.17, 15) is 40.8 Å². The van der Waals surface area contributed by atoms with Gasteiger partial charge < -0.3 is 10.2 Å². The van der Waals surface area contributed by atoms with Gasteiger partial charge in [0, 0.05) is 25.2 Å². The van der Waals surface area contributed by atoms with E-state index in [4.69, 9.17) is 23.2 Å². The Balaban J connectivity index is 2.06. The van der Waals surface area contributed by atoms with Crippen LogP contribution in [-0.4, -0.2) is 68.1 Å². The first-order chi connectivity index (χ1) is 18.9. The molecule has 0 bridgehead atoms. The van der Waals surface area contributed by atoms with Gasteiger partial charge in [0.1, 0.15) is 22.8 Å². The quantitative estimate of drug-likeness (QED) is 0.375. The molecule has 17 heteroatoms. The fourth-order valence-corrected chi connectivity index (χ4v) is 6.80. The minimum atomic E-state index is -4.86. The molecular weight excluding hydrogens is 633 g/mol. The second-order valence-corrected chi connectivity index (χ2v) is 13.4. The lowest BCUT2D eigenvalue weighted by Crippen LogP contribution is -2.43. The second kappa shape index (κ2) is 12.4. The minimum absolute atomic E-state index is 0.00267. The van der Waals surface area contributed by atoms with Gasteiger partial charge in [-0.1, -0.05) is 29.3 Å². The molecule has 1 aromatic heterocycles. The number of nitrogens with zero attached hydrogens (tertiary/aromatic N) is 3. The number of thiazole rings is 1. The highest BCUT2D eigenvalue weighted by atomic mass is 35.5. The minimum Gasteiger partial charge on any atom is -0.348 e. The van der Waals surface area contributed by atoms with Gasteiger partial charge in [-0.25, -0.2) is 17.8 Å². The molecule has 0 spiro atoms. The third kappa shape index (κ3) is 7.66. The summed E-state index contributed by atoms with van der Waals surface area (Å²) in [6.45, 7) is 3.96. The van der Waals surface area contributed by atoms with E-state index >= 15 is 0 Å². The summed E-state index contributed by atoms with van der Waals surface area (Å²) in [5.74, 6) is -1.34. The normalized spacial score (nSPS) is 15.9. The van der Waals surface area contributed by atoms with Crippen LogP contribution in [0.15, 0.2) is 17.0 Å². The predicted molar refractivity (Wildman–Crippen MR) is 145 cm³/mol. The van der Waals surface area contributed by atoms with E-state index < -0.39 is 60.6 Å². The molecule has 0 unspecified atom stereocenters. The third-order valence-corrected chi connectivity index (χ3v) is 9.80. The number of halogens is 6. The van der Waals surface area contributed by atoms with Crippen LogP contribution in [0.2, 0.25) is 10.0 Å². The van der Waals surface area contributed by atoms with E-state index in [-0.39, 0.29) is 53.6 Å². The SMILES string of the molecule is C[C@H](NS(=O)(=O)c1ccc(-c2sc(C(=O)NCC(C)(C)C#N)nc2C(=O)N2CCC(F)CC2)c(Cl)c1Cl)C(F)(F)F. The zero-order chi connectivity index (χ0) is 30.9. The number of carbonyl (C=O) groups is 2. The zero-order valence-corrected chi connectivity index (χ0v) is 25.0. The first-order valence-corrected chi connectivity index (χ1v) is 15.1. The highest BCUT2D eigenvalue weighted by molar-refractivity contribution is 7.89. The Bertz CT molecular complexity index is 1480. The number of nitriles is 1. The molecule has 1 atom stereocenters. The van der Waals surface area contributed by atoms with Crippen LogP contribution in [0.5, 0.6) is 0 Å². The average Bonchev–Trinajstić information content (AvgIpc) is 3.33. The molecule has 3 rings (SSSR count). The van der Waals surface area contributed by atoms with Gasteiger partial charge in [-0.3, -0.25) is 9.59 Å². The summed E-state index contributed by atoms with van der Waals surface area (Å²) < 4.78 is 79.4. The van der Waals surface area contributed by atoms with Gasteiger partial charge in [0.05, 0.1) is 26.4 Å². The first kappa shape index (κ1) is 33.0. The average molecular weight is 659 g/mol. The van der Waals surface area contributed by atoms with Crippen LogP contribution >= 0.6 is 34.5 Å². The molecule has 0 saturated carbocycles. The number of aromatic nitrogens is 1. The monoisotopic (exact) mass is 657 g/mol. The Morgan fingerprint density at radius 2 is 1.83 bits per heavy atom. The molecule has 1 aromatic carbocycles. The fourth-order valence-electron chi connectivity index (χ4n) is 3.64. The lowest BCUT2D eigenvalue weighted by Gasteiger charge is -2.28. The molecular formula is C24H25Cl2F4N5O4S2. The molecule has 0 radical (unpaired) electrons. The number of piperidine rings is 1.